The number of fused-ring (bicyclic) bond motifs is 2. The number of carbonyl (C=O) groups is 3. The predicted octanol–water partition coefficient (Wildman–Crippen LogP) is 7.39. The predicted molar refractivity (Wildman–Crippen MR) is 172 cm³/mol. The zero-order valence-corrected chi connectivity index (χ0v) is 25.5. The summed E-state index contributed by atoms with van der Waals surface area (Å²) in [4.78, 5) is 39.0. The van der Waals surface area contributed by atoms with Gasteiger partial charge < -0.3 is 24.6 Å². The highest BCUT2D eigenvalue weighted by Gasteiger charge is 2.32. The topological polar surface area (TPSA) is 113 Å². The number of benzene rings is 4. The second-order valence-corrected chi connectivity index (χ2v) is 11.6. The Hall–Kier alpha value is -4.82. The third-order valence-corrected chi connectivity index (χ3v) is 8.40. The largest absolute Gasteiger partial charge is 0.481 e. The number of amides is 1. The number of halogens is 1. The molecule has 232 valence electrons. The third-order valence-electron chi connectivity index (χ3n) is 8.15. The smallest absolute Gasteiger partial charge is 0.307 e. The van der Waals surface area contributed by atoms with E-state index in [1.807, 2.05) is 91.9 Å². The molecule has 0 fully saturated rings. The lowest BCUT2D eigenvalue weighted by Crippen LogP contribution is -2.43. The van der Waals surface area contributed by atoms with E-state index in [-0.39, 0.29) is 19.3 Å². The van der Waals surface area contributed by atoms with Crippen LogP contribution in [0.5, 0.6) is 11.5 Å². The van der Waals surface area contributed by atoms with Crippen LogP contribution >= 0.6 is 11.6 Å². The van der Waals surface area contributed by atoms with Crippen LogP contribution in [0.15, 0.2) is 91.0 Å². The lowest BCUT2D eigenvalue weighted by molar-refractivity contribution is -0.151. The summed E-state index contributed by atoms with van der Waals surface area (Å²) < 4.78 is 10.9. The molecule has 0 radical (unpaired) electrons. The average Bonchev–Trinajstić information content (AvgIpc) is 3.50. The van der Waals surface area contributed by atoms with Crippen molar-refractivity contribution >= 4 is 46.3 Å². The number of carboxylic acid groups (broad SMARTS) is 2. The van der Waals surface area contributed by atoms with Gasteiger partial charge in [-0.3, -0.25) is 14.4 Å². The van der Waals surface area contributed by atoms with Gasteiger partial charge in [0.05, 0.1) is 12.3 Å². The second-order valence-electron chi connectivity index (χ2n) is 11.2. The average molecular weight is 628 g/mol. The minimum Gasteiger partial charge on any atom is -0.481 e. The number of hydrogen-bond donors (Lipinski definition) is 2. The first-order chi connectivity index (χ1) is 21.7. The summed E-state index contributed by atoms with van der Waals surface area (Å²) in [5, 5.41) is 21.7. The van der Waals surface area contributed by atoms with E-state index in [2.05, 4.69) is 0 Å². The maximum absolute atomic E-state index is 13.9. The molecule has 8 nitrogen and oxygen atoms in total. The van der Waals surface area contributed by atoms with Crippen LogP contribution in [-0.2, 0) is 20.9 Å². The quantitative estimate of drug-likeness (QED) is 0.159. The molecule has 4 aromatic rings. The Balaban J connectivity index is 1.47. The third kappa shape index (κ3) is 8.02. The molecule has 0 saturated carbocycles. The summed E-state index contributed by atoms with van der Waals surface area (Å²) >= 11 is 6.22. The molecule has 1 heterocycles. The number of carboxylic acids is 2. The molecule has 1 amide bonds. The highest BCUT2D eigenvalue weighted by atomic mass is 35.5. The van der Waals surface area contributed by atoms with Crippen LogP contribution < -0.4 is 9.47 Å². The van der Waals surface area contributed by atoms with Gasteiger partial charge in [0, 0.05) is 29.9 Å². The SMILES string of the molecule is CC(C(C/C=C/c1ccc2c(c1)OCO2)c1ccc(Cl)cc1)N(Cc1ccc2ccccc2c1)C(=O)CC(CC(=O)O)C(=O)O. The fourth-order valence-electron chi connectivity index (χ4n) is 5.69. The summed E-state index contributed by atoms with van der Waals surface area (Å²) in [6.07, 6.45) is 3.51. The number of hydrogen-bond acceptors (Lipinski definition) is 5. The highest BCUT2D eigenvalue weighted by Crippen LogP contribution is 2.34. The molecular formula is C36H34ClNO7. The molecular weight excluding hydrogens is 594 g/mol. The molecule has 3 unspecified atom stereocenters. The molecule has 5 rings (SSSR count). The Morgan fingerprint density at radius 3 is 2.36 bits per heavy atom. The lowest BCUT2D eigenvalue weighted by Gasteiger charge is -2.36. The number of aliphatic carboxylic acids is 2. The lowest BCUT2D eigenvalue weighted by atomic mass is 9.87. The van der Waals surface area contributed by atoms with E-state index < -0.39 is 42.6 Å². The number of ether oxygens (including phenoxy) is 2. The Morgan fingerprint density at radius 1 is 0.889 bits per heavy atom. The van der Waals surface area contributed by atoms with Crippen molar-refractivity contribution in [1.29, 1.82) is 0 Å². The summed E-state index contributed by atoms with van der Waals surface area (Å²) in [6.45, 7) is 2.36. The van der Waals surface area contributed by atoms with E-state index in [1.165, 1.54) is 0 Å². The standard InChI is InChI=1S/C36H34ClNO7/c1-23(31(27-12-14-30(37)15-13-27)8-4-5-24-10-16-32-33(18-24)45-22-44-32)38(34(39)19-29(36(42)43)20-35(40)41)21-25-9-11-26-6-2-3-7-28(26)17-25/h2-7,9-18,23,29,31H,8,19-22H2,1H3,(H,40,41)(H,42,43)/b5-4+. The molecule has 2 N–H and O–H groups in total. The summed E-state index contributed by atoms with van der Waals surface area (Å²) in [7, 11) is 0. The first-order valence-electron chi connectivity index (χ1n) is 14.7. The molecule has 9 heteroatoms. The van der Waals surface area contributed by atoms with Gasteiger partial charge in [0.15, 0.2) is 11.5 Å². The molecule has 4 aromatic carbocycles. The molecule has 0 saturated heterocycles. The molecule has 1 aliphatic rings. The minimum absolute atomic E-state index is 0.189. The maximum atomic E-state index is 13.9. The van der Waals surface area contributed by atoms with Crippen molar-refractivity contribution in [2.24, 2.45) is 5.92 Å². The van der Waals surface area contributed by atoms with Crippen LogP contribution in [0.1, 0.15) is 48.8 Å². The minimum atomic E-state index is -1.35. The van der Waals surface area contributed by atoms with Crippen LogP contribution in [0, 0.1) is 5.92 Å². The molecule has 0 aromatic heterocycles. The van der Waals surface area contributed by atoms with Crippen molar-refractivity contribution in [1.82, 2.24) is 4.90 Å². The van der Waals surface area contributed by atoms with Gasteiger partial charge in [-0.05, 0) is 71.1 Å². The molecule has 0 spiro atoms. The van der Waals surface area contributed by atoms with Crippen LogP contribution in [0.2, 0.25) is 5.02 Å². The molecule has 45 heavy (non-hydrogen) atoms. The number of carbonyl (C=O) groups excluding carboxylic acids is 1. The zero-order chi connectivity index (χ0) is 31.9. The van der Waals surface area contributed by atoms with Crippen LogP contribution in [0.4, 0.5) is 0 Å². The fraction of sp³-hybridized carbons (Fsp3) is 0.250. The second kappa shape index (κ2) is 14.3. The Bertz CT molecular complexity index is 1720. The van der Waals surface area contributed by atoms with Gasteiger partial charge >= 0.3 is 11.9 Å². The Morgan fingerprint density at radius 2 is 1.62 bits per heavy atom. The van der Waals surface area contributed by atoms with E-state index in [4.69, 9.17) is 21.1 Å². The summed E-state index contributed by atoms with van der Waals surface area (Å²) in [5.74, 6) is -3.17. The van der Waals surface area contributed by atoms with E-state index in [0.29, 0.717) is 22.9 Å². The van der Waals surface area contributed by atoms with Crippen molar-refractivity contribution < 1.29 is 34.1 Å². The van der Waals surface area contributed by atoms with Crippen molar-refractivity contribution in [3.8, 4) is 11.5 Å². The molecule has 0 bridgehead atoms. The van der Waals surface area contributed by atoms with Crippen LogP contribution in [0.25, 0.3) is 16.8 Å². The van der Waals surface area contributed by atoms with Crippen molar-refractivity contribution in [2.75, 3.05) is 6.79 Å². The Kier molecular flexibility index (Phi) is 10.0. The number of allylic oxidation sites excluding steroid dienone is 1. The van der Waals surface area contributed by atoms with Crippen molar-refractivity contribution in [3.05, 3.63) is 113 Å². The summed E-state index contributed by atoms with van der Waals surface area (Å²) in [5.41, 5.74) is 2.77. The van der Waals surface area contributed by atoms with Crippen molar-refractivity contribution in [3.63, 3.8) is 0 Å². The Labute approximate surface area is 266 Å². The monoisotopic (exact) mass is 627 g/mol. The van der Waals surface area contributed by atoms with E-state index in [1.54, 1.807) is 17.0 Å². The van der Waals surface area contributed by atoms with Gasteiger partial charge in [0.2, 0.25) is 12.7 Å². The van der Waals surface area contributed by atoms with Gasteiger partial charge in [-0.15, -0.1) is 0 Å². The molecule has 3 atom stereocenters. The van der Waals surface area contributed by atoms with Crippen LogP contribution in [0.3, 0.4) is 0 Å². The normalized spacial score (nSPS) is 14.3. The van der Waals surface area contributed by atoms with Gasteiger partial charge in [-0.2, -0.15) is 0 Å². The maximum Gasteiger partial charge on any atom is 0.307 e. The fourth-order valence-corrected chi connectivity index (χ4v) is 5.81. The van der Waals surface area contributed by atoms with Gasteiger partial charge in [-0.1, -0.05) is 78.4 Å². The first kappa shape index (κ1) is 31.6. The number of nitrogens with zero attached hydrogens (tertiary/aromatic N) is 1. The first-order valence-corrected chi connectivity index (χ1v) is 15.1. The molecule has 1 aliphatic heterocycles. The van der Waals surface area contributed by atoms with E-state index in [0.717, 1.165) is 27.5 Å². The highest BCUT2D eigenvalue weighted by molar-refractivity contribution is 6.30. The van der Waals surface area contributed by atoms with Gasteiger partial charge in [-0.25, -0.2) is 0 Å². The van der Waals surface area contributed by atoms with E-state index >= 15 is 0 Å². The van der Waals surface area contributed by atoms with Gasteiger partial charge in [0.25, 0.3) is 0 Å². The van der Waals surface area contributed by atoms with Crippen molar-refractivity contribution in [2.45, 2.75) is 44.7 Å². The number of rotatable bonds is 13. The van der Waals surface area contributed by atoms with E-state index in [9.17, 15) is 24.6 Å². The van der Waals surface area contributed by atoms with Gasteiger partial charge in [0.1, 0.15) is 0 Å². The summed E-state index contributed by atoms with van der Waals surface area (Å²) in [6, 6.07) is 26.7. The van der Waals surface area contributed by atoms with Crippen LogP contribution in [-0.4, -0.2) is 45.8 Å². The zero-order valence-electron chi connectivity index (χ0n) is 24.8. The molecule has 0 aliphatic carbocycles.